The molecule has 0 aromatic carbocycles. The second-order valence-corrected chi connectivity index (χ2v) is 2.81. The minimum atomic E-state index is -2.39. The largest absolute Gasteiger partial charge is 0.767 e. The van der Waals surface area contributed by atoms with Crippen LogP contribution in [0.15, 0.2) is 21.3 Å². The first-order valence-electron chi connectivity index (χ1n) is 2.13. The van der Waals surface area contributed by atoms with Crippen LogP contribution in [0.2, 0.25) is 0 Å². The zero-order chi connectivity index (χ0) is 7.56. The van der Waals surface area contributed by atoms with Crippen LogP contribution >= 0.6 is 0 Å². The van der Waals surface area contributed by atoms with Gasteiger partial charge in [-0.2, -0.15) is 0 Å². The van der Waals surface area contributed by atoms with Crippen molar-refractivity contribution >= 4 is 27.3 Å². The molecular weight excluding hydrogens is 176 g/mol. The van der Waals surface area contributed by atoms with Gasteiger partial charge in [0.15, 0.2) is 4.99 Å². The van der Waals surface area contributed by atoms with E-state index < -0.39 is 11.1 Å². The number of hydrogen-bond donors (Lipinski definition) is 0. The molecule has 0 aromatic heterocycles. The summed E-state index contributed by atoms with van der Waals surface area (Å²) in [6, 6.07) is 0. The lowest BCUT2D eigenvalue weighted by molar-refractivity contribution is 0.543. The fourth-order valence-corrected chi connectivity index (χ4v) is 1.01. The van der Waals surface area contributed by atoms with Crippen LogP contribution in [0, 0.1) is 0 Å². The average molecular weight is 177 g/mol. The van der Waals surface area contributed by atoms with E-state index >= 15 is 0 Å². The van der Waals surface area contributed by atoms with E-state index in [0.29, 0.717) is 0 Å². The Kier molecular flexibility index (Phi) is 2.20. The lowest BCUT2D eigenvalue weighted by Crippen LogP contribution is -1.87. The van der Waals surface area contributed by atoms with Crippen LogP contribution < -0.4 is 0 Å². The molecule has 0 bridgehead atoms. The average Bonchev–Trinajstić information content (AvgIpc) is 2.34. The zero-order valence-electron chi connectivity index (χ0n) is 4.51. The number of hydrogen-bond acceptors (Lipinski definition) is 4. The maximum Gasteiger partial charge on any atom is 0.181 e. The predicted molar refractivity (Wildman–Crippen MR) is 35.0 cm³/mol. The van der Waals surface area contributed by atoms with Gasteiger partial charge in [0.1, 0.15) is 16.3 Å². The van der Waals surface area contributed by atoms with Crippen molar-refractivity contribution in [1.29, 1.82) is 0 Å². The first-order chi connectivity index (χ1) is 4.74. The van der Waals surface area contributed by atoms with E-state index in [2.05, 4.69) is 10.2 Å². The molecule has 10 heavy (non-hydrogen) atoms. The maximum absolute atomic E-state index is 10.1. The third-order valence-electron chi connectivity index (χ3n) is 0.750. The topological polar surface area (TPSA) is 81.9 Å². The summed E-state index contributed by atoms with van der Waals surface area (Å²) in [6.45, 7) is 0. The lowest BCUT2D eigenvalue weighted by atomic mass is 10.6. The Labute approximate surface area is 62.2 Å². The summed E-state index contributed by atoms with van der Waals surface area (Å²) in [5, 5.41) is 6.27. The fraction of sp³-hybridized carbons (Fsp3) is 0. The summed E-state index contributed by atoms with van der Waals surface area (Å²) in [6.07, 6.45) is 1.11. The molecular formula is C3HN2O3S2-. The summed E-state index contributed by atoms with van der Waals surface area (Å²) in [5.41, 5.74) is 0. The SMILES string of the molecule is O=S=C1C=C(S(=O)[O-])N=N1. The van der Waals surface area contributed by atoms with Crippen molar-refractivity contribution in [3.8, 4) is 0 Å². The van der Waals surface area contributed by atoms with E-state index in [0.717, 1.165) is 6.08 Å². The molecule has 1 atom stereocenters. The minimum Gasteiger partial charge on any atom is -0.767 e. The molecule has 0 saturated carbocycles. The molecule has 1 heterocycles. The molecule has 1 rings (SSSR count). The van der Waals surface area contributed by atoms with Crippen LogP contribution in [0.25, 0.3) is 0 Å². The molecule has 0 N–H and O–H groups in total. The summed E-state index contributed by atoms with van der Waals surface area (Å²) in [7, 11) is 0. The molecule has 1 aliphatic rings. The van der Waals surface area contributed by atoms with Crippen molar-refractivity contribution in [3.63, 3.8) is 0 Å². The third-order valence-corrected chi connectivity index (χ3v) is 1.66. The van der Waals surface area contributed by atoms with Crippen LogP contribution in [0.3, 0.4) is 0 Å². The summed E-state index contributed by atoms with van der Waals surface area (Å²) in [5.74, 6) is 0. The predicted octanol–water partition coefficient (Wildman–Crippen LogP) is -0.484. The highest BCUT2D eigenvalue weighted by atomic mass is 32.2. The molecule has 5 nitrogen and oxygen atoms in total. The molecule has 0 spiro atoms. The van der Waals surface area contributed by atoms with Crippen LogP contribution in [0.1, 0.15) is 0 Å². The normalized spacial score (nSPS) is 18.9. The van der Waals surface area contributed by atoms with E-state index in [1.54, 1.807) is 0 Å². The highest BCUT2D eigenvalue weighted by Gasteiger charge is 2.05. The van der Waals surface area contributed by atoms with Gasteiger partial charge in [0.2, 0.25) is 0 Å². The molecule has 0 saturated heterocycles. The standard InChI is InChI=1S/C3H2N2O3S2/c6-9-2-1-3(5-4-2)10(7)8/h1H,(H,7,8)/p-1. The first-order valence-corrected chi connectivity index (χ1v) is 3.95. The van der Waals surface area contributed by atoms with Gasteiger partial charge in [0.05, 0.1) is 0 Å². The van der Waals surface area contributed by atoms with Gasteiger partial charge in [-0.1, -0.05) is 0 Å². The quantitative estimate of drug-likeness (QED) is 0.400. The maximum atomic E-state index is 10.1. The Morgan fingerprint density at radius 2 is 2.30 bits per heavy atom. The Balaban J connectivity index is 2.98. The van der Waals surface area contributed by atoms with Gasteiger partial charge in [0, 0.05) is 6.08 Å². The Morgan fingerprint density at radius 1 is 1.60 bits per heavy atom. The Hall–Kier alpha value is -0.660. The van der Waals surface area contributed by atoms with Crippen molar-refractivity contribution in [3.05, 3.63) is 11.1 Å². The minimum absolute atomic E-state index is 0.0687. The van der Waals surface area contributed by atoms with E-state index in [-0.39, 0.29) is 21.3 Å². The second-order valence-electron chi connectivity index (χ2n) is 1.34. The van der Waals surface area contributed by atoms with Crippen molar-refractivity contribution in [2.45, 2.75) is 0 Å². The molecule has 7 heteroatoms. The summed E-state index contributed by atoms with van der Waals surface area (Å²) in [4.78, 5) is 0.0687. The molecule has 0 radical (unpaired) electrons. The molecule has 54 valence electrons. The zero-order valence-corrected chi connectivity index (χ0v) is 6.15. The second kappa shape index (κ2) is 2.95. The number of azo groups is 1. The van der Waals surface area contributed by atoms with Gasteiger partial charge in [-0.3, -0.25) is 4.21 Å². The van der Waals surface area contributed by atoms with Crippen LogP contribution in [0.5, 0.6) is 0 Å². The summed E-state index contributed by atoms with van der Waals surface area (Å²) >= 11 is -2.28. The molecule has 0 aliphatic carbocycles. The Bertz CT molecular complexity index is 288. The fourth-order valence-electron chi connectivity index (χ4n) is 0.384. The van der Waals surface area contributed by atoms with Gasteiger partial charge < -0.3 is 4.55 Å². The van der Waals surface area contributed by atoms with Gasteiger partial charge in [0.25, 0.3) is 0 Å². The van der Waals surface area contributed by atoms with Crippen molar-refractivity contribution < 1.29 is 13.0 Å². The Morgan fingerprint density at radius 3 is 2.60 bits per heavy atom. The van der Waals surface area contributed by atoms with Gasteiger partial charge in [-0.15, -0.1) is 10.2 Å². The number of nitrogens with zero attached hydrogens (tertiary/aromatic N) is 2. The highest BCUT2D eigenvalue weighted by Crippen LogP contribution is 2.08. The summed E-state index contributed by atoms with van der Waals surface area (Å²) < 4.78 is 30.2. The van der Waals surface area contributed by atoms with Gasteiger partial charge in [-0.25, -0.2) is 4.21 Å². The molecule has 0 fully saturated rings. The monoisotopic (exact) mass is 177 g/mol. The van der Waals surface area contributed by atoms with Crippen molar-refractivity contribution in [2.75, 3.05) is 0 Å². The van der Waals surface area contributed by atoms with E-state index in [1.165, 1.54) is 0 Å². The van der Waals surface area contributed by atoms with E-state index in [1.807, 2.05) is 0 Å². The first kappa shape index (κ1) is 7.45. The molecule has 0 aromatic rings. The third kappa shape index (κ3) is 1.43. The highest BCUT2D eigenvalue weighted by molar-refractivity contribution is 7.83. The van der Waals surface area contributed by atoms with Crippen molar-refractivity contribution in [1.82, 2.24) is 0 Å². The smallest absolute Gasteiger partial charge is 0.181 e. The number of rotatable bonds is 1. The van der Waals surface area contributed by atoms with Crippen LogP contribution in [-0.4, -0.2) is 18.0 Å². The molecule has 0 amide bonds. The molecule has 1 aliphatic heterocycles. The van der Waals surface area contributed by atoms with E-state index in [4.69, 9.17) is 0 Å². The molecule has 1 unspecified atom stereocenters. The van der Waals surface area contributed by atoms with Gasteiger partial charge >= 0.3 is 0 Å². The lowest BCUT2D eigenvalue weighted by Gasteiger charge is -1.97. The van der Waals surface area contributed by atoms with Gasteiger partial charge in [-0.05, 0) is 11.1 Å². The van der Waals surface area contributed by atoms with Crippen molar-refractivity contribution in [2.24, 2.45) is 10.2 Å². The van der Waals surface area contributed by atoms with Crippen LogP contribution in [-0.2, 0) is 22.3 Å². The van der Waals surface area contributed by atoms with E-state index in [9.17, 15) is 13.0 Å². The van der Waals surface area contributed by atoms with Crippen LogP contribution in [0.4, 0.5) is 0 Å².